The summed E-state index contributed by atoms with van der Waals surface area (Å²) in [7, 11) is 0. The van der Waals surface area contributed by atoms with Crippen LogP contribution in [0.1, 0.15) is 0 Å². The van der Waals surface area contributed by atoms with Crippen molar-refractivity contribution >= 4 is 11.8 Å². The highest BCUT2D eigenvalue weighted by molar-refractivity contribution is 8.02. The predicted octanol–water partition coefficient (Wildman–Crippen LogP) is 1.94. The van der Waals surface area contributed by atoms with Gasteiger partial charge >= 0.3 is 0 Å². The van der Waals surface area contributed by atoms with Crippen molar-refractivity contribution in [2.45, 2.75) is 0 Å². The fraction of sp³-hybridized carbons (Fsp3) is 0.167. The number of hydrogen-bond donors (Lipinski definition) is 0. The first-order chi connectivity index (χ1) is 4.00. The molecule has 1 rings (SSSR count). The van der Waals surface area contributed by atoms with Gasteiger partial charge in [0.05, 0.1) is 0 Å². The van der Waals surface area contributed by atoms with Gasteiger partial charge in [-0.25, -0.2) is 5.26 Å². The van der Waals surface area contributed by atoms with Crippen LogP contribution in [0.2, 0.25) is 0 Å². The van der Waals surface area contributed by atoms with E-state index in [-0.39, 0.29) is 0 Å². The third-order valence-corrected chi connectivity index (χ3v) is 1.35. The second kappa shape index (κ2) is 6.32. The molecule has 1 aliphatic heterocycles. The highest BCUT2D eigenvalue weighted by Gasteiger charge is 1.77. The molecule has 1 heterocycles. The van der Waals surface area contributed by atoms with Crippen LogP contribution in [0, 0.1) is 11.8 Å². The minimum Gasteiger partial charge on any atom is -0.202 e. The summed E-state index contributed by atoms with van der Waals surface area (Å²) < 4.78 is 0. The van der Waals surface area contributed by atoms with Crippen molar-refractivity contribution in [3.05, 3.63) is 23.6 Å². The van der Waals surface area contributed by atoms with Gasteiger partial charge in [-0.3, -0.25) is 0 Å². The molecule has 0 aliphatic carbocycles. The Morgan fingerprint density at radius 2 is 2.12 bits per heavy atom. The molecule has 0 saturated heterocycles. The Kier molecular flexibility index (Phi) is 5.78. The highest BCUT2D eigenvalue weighted by Crippen LogP contribution is 2.05. The van der Waals surface area contributed by atoms with E-state index in [0.717, 1.165) is 5.75 Å². The maximum atomic E-state index is 6.50. The Balaban J connectivity index is 0.000000222. The highest BCUT2D eigenvalue weighted by atomic mass is 32.2. The smallest absolute Gasteiger partial charge is 0.0462 e. The van der Waals surface area contributed by atoms with Crippen molar-refractivity contribution in [2.75, 3.05) is 5.75 Å². The number of allylic oxidation sites excluding steroid dienone is 2. The van der Waals surface area contributed by atoms with Gasteiger partial charge in [0.15, 0.2) is 0 Å². The van der Waals surface area contributed by atoms with Crippen LogP contribution in [0.3, 0.4) is 0 Å². The van der Waals surface area contributed by atoms with E-state index in [1.165, 1.54) is 0 Å². The molecule has 0 bridgehead atoms. The minimum absolute atomic E-state index is 1.15. The Labute approximate surface area is 53.7 Å². The van der Waals surface area contributed by atoms with Gasteiger partial charge in [0, 0.05) is 12.3 Å². The first-order valence-corrected chi connectivity index (χ1v) is 3.24. The molecule has 0 amide bonds. The summed E-state index contributed by atoms with van der Waals surface area (Å²) in [4.78, 5) is 0. The lowest BCUT2D eigenvalue weighted by Gasteiger charge is -1.88. The third kappa shape index (κ3) is 3.51. The van der Waals surface area contributed by atoms with Crippen LogP contribution >= 0.6 is 11.8 Å². The van der Waals surface area contributed by atoms with E-state index in [1.807, 2.05) is 17.8 Å². The topological polar surface area (TPSA) is 23.8 Å². The molecule has 0 radical (unpaired) electrons. The standard InChI is InChI=1S/C5H6S.CHN/c1-2-4-6-5-3-1;1-2/h1-4H,5H2;1H. The van der Waals surface area contributed by atoms with Crippen molar-refractivity contribution < 1.29 is 0 Å². The summed E-state index contributed by atoms with van der Waals surface area (Å²) in [6.45, 7) is 3.50. The van der Waals surface area contributed by atoms with Crippen LogP contribution in [-0.4, -0.2) is 5.75 Å². The molecule has 2 heteroatoms. The molecule has 1 aliphatic rings. The number of hydrogen-bond acceptors (Lipinski definition) is 2. The molecule has 0 unspecified atom stereocenters. The summed E-state index contributed by atoms with van der Waals surface area (Å²) in [6, 6.07) is 0. The predicted molar refractivity (Wildman–Crippen MR) is 37.4 cm³/mol. The zero-order valence-electron chi connectivity index (χ0n) is 4.45. The van der Waals surface area contributed by atoms with Crippen LogP contribution in [0.15, 0.2) is 23.6 Å². The summed E-state index contributed by atoms with van der Waals surface area (Å²) >= 11 is 1.83. The van der Waals surface area contributed by atoms with E-state index in [0.29, 0.717) is 0 Å². The molecular weight excluding hydrogens is 118 g/mol. The lowest BCUT2D eigenvalue weighted by Crippen LogP contribution is -1.67. The molecular formula is C6H7NS. The van der Waals surface area contributed by atoms with Crippen molar-refractivity contribution in [3.8, 4) is 6.57 Å². The van der Waals surface area contributed by atoms with Gasteiger partial charge in [0.2, 0.25) is 0 Å². The van der Waals surface area contributed by atoms with Gasteiger partial charge in [0.25, 0.3) is 0 Å². The van der Waals surface area contributed by atoms with Crippen molar-refractivity contribution in [3.63, 3.8) is 0 Å². The largest absolute Gasteiger partial charge is 0.202 e. The molecule has 42 valence electrons. The monoisotopic (exact) mass is 125 g/mol. The maximum Gasteiger partial charge on any atom is 0.0462 e. The van der Waals surface area contributed by atoms with E-state index in [9.17, 15) is 0 Å². The van der Waals surface area contributed by atoms with Gasteiger partial charge in [-0.2, -0.15) is 0 Å². The Morgan fingerprint density at radius 3 is 2.25 bits per heavy atom. The fourth-order valence-corrected chi connectivity index (χ4v) is 0.881. The van der Waals surface area contributed by atoms with Crippen molar-refractivity contribution in [2.24, 2.45) is 0 Å². The summed E-state index contributed by atoms with van der Waals surface area (Å²) in [5.41, 5.74) is 0. The second-order valence-corrected chi connectivity index (χ2v) is 2.03. The van der Waals surface area contributed by atoms with Crippen LogP contribution in [0.4, 0.5) is 0 Å². The van der Waals surface area contributed by atoms with Gasteiger partial charge in [0.1, 0.15) is 0 Å². The molecule has 0 aromatic rings. The van der Waals surface area contributed by atoms with Crippen molar-refractivity contribution in [1.29, 1.82) is 5.26 Å². The zero-order chi connectivity index (χ0) is 6.24. The molecule has 0 N–H and O–H groups in total. The van der Waals surface area contributed by atoms with E-state index in [1.54, 1.807) is 0 Å². The van der Waals surface area contributed by atoms with Crippen LogP contribution in [-0.2, 0) is 0 Å². The van der Waals surface area contributed by atoms with Crippen molar-refractivity contribution in [1.82, 2.24) is 0 Å². The summed E-state index contributed by atoms with van der Waals surface area (Å²) in [6.07, 6.45) is 6.26. The normalized spacial score (nSPS) is 14.2. The molecule has 0 spiro atoms. The second-order valence-electron chi connectivity index (χ2n) is 1.09. The van der Waals surface area contributed by atoms with Gasteiger partial charge < -0.3 is 0 Å². The molecule has 0 atom stereocenters. The zero-order valence-corrected chi connectivity index (χ0v) is 5.27. The lowest BCUT2D eigenvalue weighted by atomic mass is 10.5. The first kappa shape index (κ1) is 7.32. The fourth-order valence-electron chi connectivity index (χ4n) is 0.346. The van der Waals surface area contributed by atoms with E-state index >= 15 is 0 Å². The van der Waals surface area contributed by atoms with E-state index in [2.05, 4.69) is 24.1 Å². The van der Waals surface area contributed by atoms with Gasteiger partial charge in [-0.05, 0) is 5.41 Å². The number of rotatable bonds is 0. The minimum atomic E-state index is 1.15. The quantitative estimate of drug-likeness (QED) is 0.494. The average Bonchev–Trinajstić information content (AvgIpc) is 1.96. The maximum absolute atomic E-state index is 6.50. The Morgan fingerprint density at radius 1 is 1.38 bits per heavy atom. The van der Waals surface area contributed by atoms with Crippen LogP contribution in [0.5, 0.6) is 0 Å². The molecule has 0 saturated carbocycles. The van der Waals surface area contributed by atoms with Crippen LogP contribution < -0.4 is 0 Å². The number of nitriles is 1. The lowest BCUT2D eigenvalue weighted by molar-refractivity contribution is 1.58. The number of thioether (sulfide) groups is 1. The molecule has 0 aromatic carbocycles. The van der Waals surface area contributed by atoms with E-state index < -0.39 is 0 Å². The van der Waals surface area contributed by atoms with Gasteiger partial charge in [-0.15, -0.1) is 11.8 Å². The molecule has 1 nitrogen and oxygen atoms in total. The summed E-state index contributed by atoms with van der Waals surface area (Å²) in [5.74, 6) is 1.15. The number of nitrogens with zero attached hydrogens (tertiary/aromatic N) is 1. The SMILES string of the molecule is C#N.C1=CCSC=C1. The molecule has 8 heavy (non-hydrogen) atoms. The molecule has 0 aromatic heterocycles. The average molecular weight is 125 g/mol. The van der Waals surface area contributed by atoms with Gasteiger partial charge in [-0.1, -0.05) is 18.2 Å². The van der Waals surface area contributed by atoms with E-state index in [4.69, 9.17) is 5.26 Å². The summed E-state index contributed by atoms with van der Waals surface area (Å²) in [5, 5.41) is 8.60. The molecule has 0 fully saturated rings. The Bertz CT molecular complexity index is 101. The Hall–Kier alpha value is -0.680. The first-order valence-electron chi connectivity index (χ1n) is 2.19. The third-order valence-electron chi connectivity index (χ3n) is 0.614. The van der Waals surface area contributed by atoms with Crippen LogP contribution in [0.25, 0.3) is 0 Å².